The first-order chi connectivity index (χ1) is 14.0. The third-order valence-corrected chi connectivity index (χ3v) is 4.81. The van der Waals surface area contributed by atoms with Crippen LogP contribution in [-0.4, -0.2) is 57.6 Å². The molecule has 1 aliphatic heterocycles. The number of esters is 1. The fourth-order valence-corrected chi connectivity index (χ4v) is 3.26. The lowest BCUT2D eigenvalue weighted by Crippen LogP contribution is -2.32. The van der Waals surface area contributed by atoms with E-state index in [1.807, 2.05) is 6.92 Å². The van der Waals surface area contributed by atoms with Crippen molar-refractivity contribution in [2.75, 3.05) is 19.5 Å². The fraction of sp³-hybridized carbons (Fsp3) is 0.368. The molecule has 1 saturated heterocycles. The van der Waals surface area contributed by atoms with Crippen molar-refractivity contribution < 1.29 is 23.4 Å². The van der Waals surface area contributed by atoms with Gasteiger partial charge < -0.3 is 19.9 Å². The van der Waals surface area contributed by atoms with Crippen molar-refractivity contribution in [3.63, 3.8) is 0 Å². The number of anilines is 1. The Balaban J connectivity index is 1.50. The highest BCUT2D eigenvalue weighted by atomic mass is 19.1. The number of nitrogen functional groups attached to an aromatic ring is 1. The van der Waals surface area contributed by atoms with Gasteiger partial charge in [0.25, 0.3) is 0 Å². The van der Waals surface area contributed by atoms with Crippen LogP contribution < -0.4 is 5.73 Å². The van der Waals surface area contributed by atoms with Gasteiger partial charge in [-0.05, 0) is 19.1 Å². The highest BCUT2D eigenvalue weighted by Crippen LogP contribution is 2.35. The van der Waals surface area contributed by atoms with E-state index in [1.54, 1.807) is 24.3 Å². The normalized spacial score (nSPS) is 24.1. The lowest BCUT2D eigenvalue weighted by molar-refractivity contribution is -0.0616. The standard InChI is InChI=1S/C19H20FN5O4/c1-10-3-5-11(6-4-10)18(26)28-8-13-14(20)15(27-2)17(29-13)25-9-23-12-7-22-19(21)24-16(12)25/h3-7,9,13-15,17H,8H2,1-2H3,(H2,21,22,24)/t13-,14-,15-,17-/m1/s1. The number of methoxy groups -OCH3 is 1. The molecule has 152 valence electrons. The summed E-state index contributed by atoms with van der Waals surface area (Å²) in [4.78, 5) is 24.4. The molecule has 0 radical (unpaired) electrons. The maximum Gasteiger partial charge on any atom is 0.338 e. The van der Waals surface area contributed by atoms with Gasteiger partial charge in [-0.2, -0.15) is 4.98 Å². The molecule has 1 aromatic carbocycles. The monoisotopic (exact) mass is 401 g/mol. The minimum atomic E-state index is -1.52. The summed E-state index contributed by atoms with van der Waals surface area (Å²) in [6.07, 6.45) is -1.38. The van der Waals surface area contributed by atoms with E-state index in [0.29, 0.717) is 16.7 Å². The van der Waals surface area contributed by atoms with E-state index in [4.69, 9.17) is 19.9 Å². The molecule has 3 heterocycles. The third-order valence-electron chi connectivity index (χ3n) is 4.81. The molecular formula is C19H20FN5O4. The number of rotatable bonds is 5. The number of halogens is 1. The lowest BCUT2D eigenvalue weighted by Gasteiger charge is -2.19. The van der Waals surface area contributed by atoms with E-state index in [2.05, 4.69) is 15.0 Å². The fourth-order valence-electron chi connectivity index (χ4n) is 3.26. The summed E-state index contributed by atoms with van der Waals surface area (Å²) in [5.74, 6) is -0.488. The SMILES string of the molecule is CO[C@@H]1[C@H](F)[C@@H](COC(=O)c2ccc(C)cc2)O[C@H]1n1cnc2cnc(N)nc21. The number of carbonyl (C=O) groups excluding carboxylic acids is 1. The van der Waals surface area contributed by atoms with E-state index in [1.165, 1.54) is 24.2 Å². The zero-order chi connectivity index (χ0) is 20.5. The number of carbonyl (C=O) groups is 1. The largest absolute Gasteiger partial charge is 0.459 e. The molecule has 2 aromatic heterocycles. The Morgan fingerprint density at radius 3 is 2.79 bits per heavy atom. The minimum Gasteiger partial charge on any atom is -0.459 e. The molecule has 0 aliphatic carbocycles. The minimum absolute atomic E-state index is 0.0617. The van der Waals surface area contributed by atoms with Crippen molar-refractivity contribution in [2.45, 2.75) is 31.5 Å². The maximum absolute atomic E-state index is 14.9. The highest BCUT2D eigenvalue weighted by molar-refractivity contribution is 5.89. The molecule has 0 amide bonds. The Morgan fingerprint density at radius 2 is 2.07 bits per heavy atom. The Morgan fingerprint density at radius 1 is 1.31 bits per heavy atom. The van der Waals surface area contributed by atoms with Crippen LogP contribution in [0.25, 0.3) is 11.2 Å². The molecule has 0 bridgehead atoms. The number of hydrogen-bond donors (Lipinski definition) is 1. The van der Waals surface area contributed by atoms with Crippen LogP contribution in [0.1, 0.15) is 22.1 Å². The zero-order valence-corrected chi connectivity index (χ0v) is 15.9. The molecule has 0 saturated carbocycles. The maximum atomic E-state index is 14.9. The van der Waals surface area contributed by atoms with Crippen LogP contribution in [0.2, 0.25) is 0 Å². The number of benzene rings is 1. The lowest BCUT2D eigenvalue weighted by atomic mass is 10.1. The first-order valence-electron chi connectivity index (χ1n) is 8.99. The van der Waals surface area contributed by atoms with E-state index in [-0.39, 0.29) is 12.6 Å². The first-order valence-corrected chi connectivity index (χ1v) is 8.99. The number of hydrogen-bond acceptors (Lipinski definition) is 8. The average Bonchev–Trinajstić information content (AvgIpc) is 3.26. The Hall–Kier alpha value is -3.11. The predicted octanol–water partition coefficient (Wildman–Crippen LogP) is 1.82. The topological polar surface area (TPSA) is 114 Å². The molecule has 4 atom stereocenters. The second-order valence-corrected chi connectivity index (χ2v) is 6.76. The van der Waals surface area contributed by atoms with Crippen LogP contribution in [0.3, 0.4) is 0 Å². The van der Waals surface area contributed by atoms with Crippen LogP contribution in [0, 0.1) is 6.92 Å². The summed E-state index contributed by atoms with van der Waals surface area (Å²) in [5.41, 5.74) is 7.94. The van der Waals surface area contributed by atoms with Gasteiger partial charge in [-0.3, -0.25) is 4.57 Å². The molecule has 1 fully saturated rings. The van der Waals surface area contributed by atoms with Gasteiger partial charge in [-0.25, -0.2) is 19.2 Å². The number of ether oxygens (including phenoxy) is 3. The number of aromatic nitrogens is 4. The van der Waals surface area contributed by atoms with Gasteiger partial charge >= 0.3 is 5.97 Å². The van der Waals surface area contributed by atoms with Crippen molar-refractivity contribution in [1.29, 1.82) is 0 Å². The van der Waals surface area contributed by atoms with E-state index < -0.39 is 30.6 Å². The van der Waals surface area contributed by atoms with Crippen LogP contribution in [0.4, 0.5) is 10.3 Å². The van der Waals surface area contributed by atoms with Gasteiger partial charge in [-0.15, -0.1) is 0 Å². The van der Waals surface area contributed by atoms with Crippen LogP contribution >= 0.6 is 0 Å². The molecule has 10 heteroatoms. The third kappa shape index (κ3) is 3.64. The van der Waals surface area contributed by atoms with Gasteiger partial charge in [-0.1, -0.05) is 17.7 Å². The number of alkyl halides is 1. The number of aryl methyl sites for hydroxylation is 1. The summed E-state index contributed by atoms with van der Waals surface area (Å²) in [5, 5.41) is 0. The molecule has 1 aliphatic rings. The zero-order valence-electron chi connectivity index (χ0n) is 15.9. The van der Waals surface area contributed by atoms with Gasteiger partial charge in [0.1, 0.15) is 24.3 Å². The molecule has 3 aromatic rings. The van der Waals surface area contributed by atoms with Gasteiger partial charge in [0.2, 0.25) is 5.95 Å². The Bertz CT molecular complexity index is 1030. The number of fused-ring (bicyclic) bond motifs is 1. The molecular weight excluding hydrogens is 381 g/mol. The second kappa shape index (κ2) is 7.72. The second-order valence-electron chi connectivity index (χ2n) is 6.76. The first kappa shape index (κ1) is 19.2. The Labute approximate surface area is 165 Å². The molecule has 4 rings (SSSR count). The average molecular weight is 401 g/mol. The van der Waals surface area contributed by atoms with Gasteiger partial charge in [0.05, 0.1) is 18.1 Å². The van der Waals surface area contributed by atoms with Gasteiger partial charge in [0.15, 0.2) is 18.0 Å². The summed E-state index contributed by atoms with van der Waals surface area (Å²) in [6.45, 7) is 1.66. The molecule has 0 spiro atoms. The van der Waals surface area contributed by atoms with Crippen LogP contribution in [-0.2, 0) is 14.2 Å². The molecule has 29 heavy (non-hydrogen) atoms. The van der Waals surface area contributed by atoms with Gasteiger partial charge in [0, 0.05) is 7.11 Å². The van der Waals surface area contributed by atoms with E-state index in [0.717, 1.165) is 5.56 Å². The molecule has 2 N–H and O–H groups in total. The molecule has 0 unspecified atom stereocenters. The van der Waals surface area contributed by atoms with Crippen molar-refractivity contribution in [2.24, 2.45) is 0 Å². The van der Waals surface area contributed by atoms with Crippen molar-refractivity contribution in [1.82, 2.24) is 19.5 Å². The summed E-state index contributed by atoms with van der Waals surface area (Å²) >= 11 is 0. The van der Waals surface area contributed by atoms with Crippen molar-refractivity contribution in [3.05, 3.63) is 47.9 Å². The number of imidazole rings is 1. The van der Waals surface area contributed by atoms with Crippen molar-refractivity contribution in [3.8, 4) is 0 Å². The summed E-state index contributed by atoms with van der Waals surface area (Å²) < 4.78 is 32.9. The Kier molecular flexibility index (Phi) is 5.12. The predicted molar refractivity (Wildman–Crippen MR) is 101 cm³/mol. The van der Waals surface area contributed by atoms with E-state index in [9.17, 15) is 9.18 Å². The molecule has 9 nitrogen and oxygen atoms in total. The highest BCUT2D eigenvalue weighted by Gasteiger charge is 2.47. The van der Waals surface area contributed by atoms with Crippen LogP contribution in [0.15, 0.2) is 36.8 Å². The van der Waals surface area contributed by atoms with Crippen molar-refractivity contribution >= 4 is 23.1 Å². The smallest absolute Gasteiger partial charge is 0.338 e. The number of nitrogens with zero attached hydrogens (tertiary/aromatic N) is 4. The number of nitrogens with two attached hydrogens (primary N) is 1. The summed E-state index contributed by atoms with van der Waals surface area (Å²) in [6, 6.07) is 6.91. The summed E-state index contributed by atoms with van der Waals surface area (Å²) in [7, 11) is 1.39. The van der Waals surface area contributed by atoms with Crippen LogP contribution in [0.5, 0.6) is 0 Å². The quantitative estimate of drug-likeness (QED) is 0.644. The van der Waals surface area contributed by atoms with E-state index >= 15 is 0 Å².